The number of aliphatic hydroxyl groups is 1. The van der Waals surface area contributed by atoms with Crippen molar-refractivity contribution < 1.29 is 19.1 Å². The van der Waals surface area contributed by atoms with Crippen LogP contribution in [0.15, 0.2) is 41.0 Å². The molecule has 0 radical (unpaired) electrons. The van der Waals surface area contributed by atoms with Crippen molar-refractivity contribution in [3.05, 3.63) is 52.9 Å². The minimum absolute atomic E-state index is 0.212. The fourth-order valence-electron chi connectivity index (χ4n) is 1.76. The lowest BCUT2D eigenvalue weighted by molar-refractivity contribution is -0.127. The minimum Gasteiger partial charge on any atom is -0.481 e. The van der Waals surface area contributed by atoms with Crippen LogP contribution in [0, 0.1) is 0 Å². The van der Waals surface area contributed by atoms with Gasteiger partial charge in [0.15, 0.2) is 6.10 Å². The van der Waals surface area contributed by atoms with Crippen LogP contribution in [0.25, 0.3) is 0 Å². The lowest BCUT2D eigenvalue weighted by atomic mass is 10.2. The zero-order chi connectivity index (χ0) is 15.2. The van der Waals surface area contributed by atoms with Gasteiger partial charge >= 0.3 is 0 Å². The first-order chi connectivity index (χ1) is 10.1. The molecule has 0 aliphatic carbocycles. The predicted octanol–water partition coefficient (Wildman–Crippen LogP) is 2.51. The molecule has 1 aromatic carbocycles. The van der Waals surface area contributed by atoms with E-state index in [9.17, 15) is 9.90 Å². The number of ether oxygens (including phenoxy) is 1. The highest BCUT2D eigenvalue weighted by molar-refractivity contribution is 6.30. The highest BCUT2D eigenvalue weighted by Crippen LogP contribution is 2.23. The number of carbonyl (C=O) groups is 1. The third-order valence-corrected chi connectivity index (χ3v) is 3.12. The van der Waals surface area contributed by atoms with Crippen LogP contribution in [-0.4, -0.2) is 17.1 Å². The second kappa shape index (κ2) is 7.15. The fourth-order valence-corrected chi connectivity index (χ4v) is 1.96. The van der Waals surface area contributed by atoms with Crippen LogP contribution in [0.3, 0.4) is 0 Å². The SMILES string of the molecule is CC(Oc1ccc(Cl)cc1CO)C(=O)NCc1ccco1. The van der Waals surface area contributed by atoms with Crippen molar-refractivity contribution in [1.29, 1.82) is 0 Å². The van der Waals surface area contributed by atoms with E-state index in [1.54, 1.807) is 43.5 Å². The molecule has 0 bridgehead atoms. The van der Waals surface area contributed by atoms with Crippen molar-refractivity contribution in [3.8, 4) is 5.75 Å². The average molecular weight is 310 g/mol. The van der Waals surface area contributed by atoms with E-state index >= 15 is 0 Å². The van der Waals surface area contributed by atoms with Crippen LogP contribution in [0.5, 0.6) is 5.75 Å². The molecule has 0 fully saturated rings. The number of hydrogen-bond donors (Lipinski definition) is 2. The second-order valence-electron chi connectivity index (χ2n) is 4.47. The minimum atomic E-state index is -0.702. The average Bonchev–Trinajstić information content (AvgIpc) is 2.99. The van der Waals surface area contributed by atoms with Crippen molar-refractivity contribution >= 4 is 17.5 Å². The van der Waals surface area contributed by atoms with E-state index in [2.05, 4.69) is 5.32 Å². The van der Waals surface area contributed by atoms with E-state index in [0.29, 0.717) is 28.6 Å². The Bertz CT molecular complexity index is 598. The van der Waals surface area contributed by atoms with Gasteiger partial charge in [-0.1, -0.05) is 11.6 Å². The lowest BCUT2D eigenvalue weighted by Crippen LogP contribution is -2.36. The number of nitrogens with one attached hydrogen (secondary N) is 1. The summed E-state index contributed by atoms with van der Waals surface area (Å²) in [6, 6.07) is 8.40. The van der Waals surface area contributed by atoms with E-state index in [0.717, 1.165) is 0 Å². The zero-order valence-corrected chi connectivity index (χ0v) is 12.3. The first kappa shape index (κ1) is 15.4. The number of aliphatic hydroxyl groups excluding tert-OH is 1. The van der Waals surface area contributed by atoms with Gasteiger partial charge in [0.2, 0.25) is 0 Å². The molecule has 5 nitrogen and oxygen atoms in total. The standard InChI is InChI=1S/C15H16ClNO4/c1-10(15(19)17-8-13-3-2-6-20-13)21-14-5-4-12(16)7-11(14)9-18/h2-7,10,18H,8-9H2,1H3,(H,17,19). The van der Waals surface area contributed by atoms with Crippen molar-refractivity contribution in [1.82, 2.24) is 5.32 Å². The van der Waals surface area contributed by atoms with Gasteiger partial charge in [-0.25, -0.2) is 0 Å². The Morgan fingerprint density at radius 3 is 2.95 bits per heavy atom. The van der Waals surface area contributed by atoms with E-state index in [1.807, 2.05) is 0 Å². The van der Waals surface area contributed by atoms with Gasteiger partial charge in [-0.3, -0.25) is 4.79 Å². The number of amides is 1. The van der Waals surface area contributed by atoms with Gasteiger partial charge in [0.05, 0.1) is 19.4 Å². The lowest BCUT2D eigenvalue weighted by Gasteiger charge is -2.16. The second-order valence-corrected chi connectivity index (χ2v) is 4.90. The highest BCUT2D eigenvalue weighted by atomic mass is 35.5. The number of rotatable bonds is 6. The van der Waals surface area contributed by atoms with E-state index in [4.69, 9.17) is 20.8 Å². The summed E-state index contributed by atoms with van der Waals surface area (Å²) in [5.74, 6) is 0.825. The van der Waals surface area contributed by atoms with Gasteiger partial charge < -0.3 is 19.6 Å². The molecule has 6 heteroatoms. The molecule has 112 valence electrons. The van der Waals surface area contributed by atoms with Gasteiger partial charge in [-0.2, -0.15) is 0 Å². The fraction of sp³-hybridized carbons (Fsp3) is 0.267. The summed E-state index contributed by atoms with van der Waals surface area (Å²) in [7, 11) is 0. The van der Waals surface area contributed by atoms with Crippen LogP contribution < -0.4 is 10.1 Å². The molecule has 1 heterocycles. The van der Waals surface area contributed by atoms with Gasteiger partial charge in [0.1, 0.15) is 11.5 Å². The zero-order valence-electron chi connectivity index (χ0n) is 11.5. The van der Waals surface area contributed by atoms with Gasteiger partial charge in [0, 0.05) is 10.6 Å². The van der Waals surface area contributed by atoms with E-state index in [-0.39, 0.29) is 12.5 Å². The topological polar surface area (TPSA) is 71.7 Å². The van der Waals surface area contributed by atoms with Crippen molar-refractivity contribution in [3.63, 3.8) is 0 Å². The molecule has 0 spiro atoms. The summed E-state index contributed by atoms with van der Waals surface area (Å²) in [4.78, 5) is 11.9. The van der Waals surface area contributed by atoms with Gasteiger partial charge in [-0.15, -0.1) is 0 Å². The Morgan fingerprint density at radius 1 is 1.48 bits per heavy atom. The molecule has 1 unspecified atom stereocenters. The Morgan fingerprint density at radius 2 is 2.29 bits per heavy atom. The summed E-state index contributed by atoms with van der Waals surface area (Å²) < 4.78 is 10.7. The maximum atomic E-state index is 11.9. The molecule has 0 saturated carbocycles. The predicted molar refractivity (Wildman–Crippen MR) is 78.0 cm³/mol. The smallest absolute Gasteiger partial charge is 0.261 e. The maximum absolute atomic E-state index is 11.9. The number of furan rings is 1. The maximum Gasteiger partial charge on any atom is 0.261 e. The monoisotopic (exact) mass is 309 g/mol. The third kappa shape index (κ3) is 4.24. The molecule has 0 saturated heterocycles. The van der Waals surface area contributed by atoms with E-state index < -0.39 is 6.10 Å². The van der Waals surface area contributed by atoms with Gasteiger partial charge in [-0.05, 0) is 37.3 Å². The summed E-state index contributed by atoms with van der Waals surface area (Å²) in [6.45, 7) is 1.72. The molecule has 1 aromatic heterocycles. The molecule has 1 atom stereocenters. The Kier molecular flexibility index (Phi) is 5.25. The van der Waals surface area contributed by atoms with Crippen molar-refractivity contribution in [2.45, 2.75) is 26.2 Å². The summed E-state index contributed by atoms with van der Waals surface area (Å²) in [5, 5.41) is 12.5. The summed E-state index contributed by atoms with van der Waals surface area (Å²) in [6.07, 6.45) is 0.842. The molecule has 2 N–H and O–H groups in total. The van der Waals surface area contributed by atoms with Gasteiger partial charge in [0.25, 0.3) is 5.91 Å². The molecule has 2 aromatic rings. The van der Waals surface area contributed by atoms with Crippen molar-refractivity contribution in [2.24, 2.45) is 0 Å². The number of benzene rings is 1. The summed E-state index contributed by atoms with van der Waals surface area (Å²) in [5.41, 5.74) is 0.535. The van der Waals surface area contributed by atoms with Crippen LogP contribution in [-0.2, 0) is 17.9 Å². The summed E-state index contributed by atoms with van der Waals surface area (Å²) >= 11 is 5.85. The molecule has 2 rings (SSSR count). The first-order valence-corrected chi connectivity index (χ1v) is 6.84. The van der Waals surface area contributed by atoms with Crippen LogP contribution in [0.1, 0.15) is 18.2 Å². The van der Waals surface area contributed by atoms with Crippen molar-refractivity contribution in [2.75, 3.05) is 0 Å². The molecular weight excluding hydrogens is 294 g/mol. The number of hydrogen-bond acceptors (Lipinski definition) is 4. The molecular formula is C15H16ClNO4. The molecule has 0 aliphatic rings. The number of halogens is 1. The quantitative estimate of drug-likeness (QED) is 0.860. The van der Waals surface area contributed by atoms with E-state index in [1.165, 1.54) is 0 Å². The molecule has 1 amide bonds. The molecule has 21 heavy (non-hydrogen) atoms. The normalized spacial score (nSPS) is 12.0. The third-order valence-electron chi connectivity index (χ3n) is 2.88. The Balaban J connectivity index is 1.94. The largest absolute Gasteiger partial charge is 0.481 e. The van der Waals surface area contributed by atoms with Crippen LogP contribution >= 0.6 is 11.6 Å². The molecule has 0 aliphatic heterocycles. The van der Waals surface area contributed by atoms with Crippen LogP contribution in [0.2, 0.25) is 5.02 Å². The first-order valence-electron chi connectivity index (χ1n) is 6.46. The Hall–Kier alpha value is -1.98. The Labute approximate surface area is 127 Å². The highest BCUT2D eigenvalue weighted by Gasteiger charge is 2.16. The van der Waals surface area contributed by atoms with Crippen LogP contribution in [0.4, 0.5) is 0 Å². The number of carbonyl (C=O) groups excluding carboxylic acids is 1.